The fourth-order valence-corrected chi connectivity index (χ4v) is 4.64. The predicted octanol–water partition coefficient (Wildman–Crippen LogP) is 3.68. The van der Waals surface area contributed by atoms with Crippen LogP contribution in [0.15, 0.2) is 103 Å². The monoisotopic (exact) mass is 416 g/mol. The number of carboxylic acids is 1. The Morgan fingerprint density at radius 2 is 1.23 bits per heavy atom. The van der Waals surface area contributed by atoms with E-state index in [1.165, 1.54) is 0 Å². The van der Waals surface area contributed by atoms with E-state index in [0.717, 1.165) is 28.5 Å². The zero-order valence-corrected chi connectivity index (χ0v) is 16.8. The molecule has 30 heavy (non-hydrogen) atoms. The molecular formula is C24H20N2O3S. The Morgan fingerprint density at radius 1 is 0.800 bits per heavy atom. The average Bonchev–Trinajstić information content (AvgIpc) is 3.28. The van der Waals surface area contributed by atoms with Gasteiger partial charge in [0.05, 0.1) is 5.54 Å². The first-order valence-corrected chi connectivity index (χ1v) is 10.3. The Balaban J connectivity index is 2.00. The Hall–Kier alpha value is -3.35. The van der Waals surface area contributed by atoms with Gasteiger partial charge in [-0.05, 0) is 22.1 Å². The lowest BCUT2D eigenvalue weighted by atomic mass is 9.76. The number of ketones is 1. The van der Waals surface area contributed by atoms with E-state index in [9.17, 15) is 14.7 Å². The SMILES string of the molecule is O=C(O)C(=O)C1(NC(c2ccccc2)(c2ccccc2)c2ccccc2)NC=CS1. The molecule has 0 radical (unpaired) electrons. The molecule has 0 bridgehead atoms. The van der Waals surface area contributed by atoms with E-state index in [1.54, 1.807) is 11.6 Å². The second kappa shape index (κ2) is 8.18. The molecule has 5 nitrogen and oxygen atoms in total. The lowest BCUT2D eigenvalue weighted by molar-refractivity contribution is -0.151. The third kappa shape index (κ3) is 3.40. The maximum Gasteiger partial charge on any atom is 0.377 e. The number of hydrogen-bond donors (Lipinski definition) is 3. The number of thioether (sulfide) groups is 1. The molecule has 0 aliphatic carbocycles. The Morgan fingerprint density at radius 3 is 1.57 bits per heavy atom. The van der Waals surface area contributed by atoms with E-state index in [-0.39, 0.29) is 0 Å². The molecule has 3 aromatic carbocycles. The lowest BCUT2D eigenvalue weighted by Crippen LogP contribution is -2.65. The van der Waals surface area contributed by atoms with Crippen LogP contribution in [0, 0.1) is 0 Å². The molecule has 0 fully saturated rings. The zero-order valence-electron chi connectivity index (χ0n) is 16.0. The van der Waals surface area contributed by atoms with Gasteiger partial charge in [-0.3, -0.25) is 10.1 Å². The van der Waals surface area contributed by atoms with Crippen molar-refractivity contribution >= 4 is 23.5 Å². The first-order valence-electron chi connectivity index (χ1n) is 9.43. The van der Waals surface area contributed by atoms with E-state index < -0.39 is 22.3 Å². The Kier molecular flexibility index (Phi) is 5.44. The molecule has 3 N–H and O–H groups in total. The summed E-state index contributed by atoms with van der Waals surface area (Å²) in [6, 6.07) is 29.2. The summed E-state index contributed by atoms with van der Waals surface area (Å²) in [7, 11) is 0. The van der Waals surface area contributed by atoms with Crippen LogP contribution in [0.2, 0.25) is 0 Å². The smallest absolute Gasteiger partial charge is 0.377 e. The van der Waals surface area contributed by atoms with Crippen molar-refractivity contribution in [2.45, 2.75) is 10.5 Å². The topological polar surface area (TPSA) is 78.4 Å². The van der Waals surface area contributed by atoms with Crippen LogP contribution in [-0.2, 0) is 15.1 Å². The van der Waals surface area contributed by atoms with E-state index in [0.29, 0.717) is 0 Å². The highest BCUT2D eigenvalue weighted by molar-refractivity contribution is 8.04. The molecule has 1 atom stereocenters. The molecule has 0 amide bonds. The van der Waals surface area contributed by atoms with Crippen molar-refractivity contribution in [3.05, 3.63) is 119 Å². The van der Waals surface area contributed by atoms with Gasteiger partial charge in [0.2, 0.25) is 4.99 Å². The van der Waals surface area contributed by atoms with Gasteiger partial charge in [0.15, 0.2) is 0 Å². The molecule has 1 heterocycles. The molecule has 1 aliphatic heterocycles. The van der Waals surface area contributed by atoms with Gasteiger partial charge in [-0.1, -0.05) is 103 Å². The number of Topliss-reactive ketones (excluding diaryl/α,β-unsaturated/α-hetero) is 1. The van der Waals surface area contributed by atoms with Crippen LogP contribution in [0.3, 0.4) is 0 Å². The molecule has 1 unspecified atom stereocenters. The number of benzene rings is 3. The van der Waals surface area contributed by atoms with Gasteiger partial charge in [-0.25, -0.2) is 4.79 Å². The van der Waals surface area contributed by atoms with E-state index in [4.69, 9.17) is 0 Å². The maximum atomic E-state index is 12.9. The number of carbonyl (C=O) groups excluding carboxylic acids is 1. The van der Waals surface area contributed by atoms with Crippen molar-refractivity contribution in [1.82, 2.24) is 10.6 Å². The highest BCUT2D eigenvalue weighted by Gasteiger charge is 2.51. The molecule has 1 aliphatic rings. The van der Waals surface area contributed by atoms with Crippen LogP contribution in [0.4, 0.5) is 0 Å². The molecule has 0 saturated carbocycles. The molecule has 0 aromatic heterocycles. The standard InChI is InChI=1S/C24H20N2O3S/c27-21(22(28)29)24(25-16-17-30-24)26-23(18-10-4-1-5-11-18,19-12-6-2-7-13-19)20-14-8-3-9-15-20/h1-17,25-26H,(H,28,29). The Labute approximate surface area is 178 Å². The maximum absolute atomic E-state index is 12.9. The van der Waals surface area contributed by atoms with Crippen molar-refractivity contribution < 1.29 is 14.7 Å². The van der Waals surface area contributed by atoms with Gasteiger partial charge in [0, 0.05) is 6.20 Å². The summed E-state index contributed by atoms with van der Waals surface area (Å²) in [6.45, 7) is 0. The van der Waals surface area contributed by atoms with Crippen LogP contribution in [0.25, 0.3) is 0 Å². The largest absolute Gasteiger partial charge is 0.475 e. The second-order valence-corrected chi connectivity index (χ2v) is 7.97. The van der Waals surface area contributed by atoms with E-state index >= 15 is 0 Å². The first-order chi connectivity index (χ1) is 14.6. The van der Waals surface area contributed by atoms with Crippen LogP contribution in [0.1, 0.15) is 16.7 Å². The summed E-state index contributed by atoms with van der Waals surface area (Å²) in [5.41, 5.74) is 1.67. The number of rotatable bonds is 7. The van der Waals surface area contributed by atoms with Gasteiger partial charge < -0.3 is 10.4 Å². The fraction of sp³-hybridized carbons (Fsp3) is 0.0833. The quantitative estimate of drug-likeness (QED) is 0.403. The summed E-state index contributed by atoms with van der Waals surface area (Å²) < 4.78 is 0. The number of nitrogens with one attached hydrogen (secondary N) is 2. The lowest BCUT2D eigenvalue weighted by Gasteiger charge is -2.43. The second-order valence-electron chi connectivity index (χ2n) is 6.85. The van der Waals surface area contributed by atoms with E-state index in [2.05, 4.69) is 10.6 Å². The van der Waals surface area contributed by atoms with Gasteiger partial charge in [-0.2, -0.15) is 0 Å². The van der Waals surface area contributed by atoms with Gasteiger partial charge >= 0.3 is 5.97 Å². The fourth-order valence-electron chi connectivity index (χ4n) is 3.76. The minimum absolute atomic E-state index is 0.884. The van der Waals surface area contributed by atoms with Crippen LogP contribution < -0.4 is 10.6 Å². The van der Waals surface area contributed by atoms with Crippen LogP contribution >= 0.6 is 11.8 Å². The molecule has 0 saturated heterocycles. The molecular weight excluding hydrogens is 396 g/mol. The third-order valence-corrected chi connectivity index (χ3v) is 6.13. The van der Waals surface area contributed by atoms with Gasteiger partial charge in [0.25, 0.3) is 5.78 Å². The minimum Gasteiger partial charge on any atom is -0.475 e. The Bertz CT molecular complexity index is 965. The van der Waals surface area contributed by atoms with E-state index in [1.807, 2.05) is 91.0 Å². The van der Waals surface area contributed by atoms with Crippen LogP contribution in [0.5, 0.6) is 0 Å². The highest BCUT2D eigenvalue weighted by Crippen LogP contribution is 2.41. The zero-order chi connectivity index (χ0) is 21.0. The summed E-state index contributed by atoms with van der Waals surface area (Å²) in [5, 5.41) is 17.6. The number of hydrogen-bond acceptors (Lipinski definition) is 5. The summed E-state index contributed by atoms with van der Waals surface area (Å²) >= 11 is 1.10. The molecule has 150 valence electrons. The van der Waals surface area contributed by atoms with Crippen LogP contribution in [-0.4, -0.2) is 21.9 Å². The summed E-state index contributed by atoms with van der Waals surface area (Å²) in [4.78, 5) is 23.0. The average molecular weight is 417 g/mol. The number of carbonyl (C=O) groups is 2. The third-order valence-electron chi connectivity index (χ3n) is 5.10. The van der Waals surface area contributed by atoms with Gasteiger partial charge in [-0.15, -0.1) is 0 Å². The summed E-state index contributed by atoms with van der Waals surface area (Å²) in [6.07, 6.45) is 1.59. The minimum atomic E-state index is -1.56. The van der Waals surface area contributed by atoms with Crippen molar-refractivity contribution in [3.63, 3.8) is 0 Å². The highest BCUT2D eigenvalue weighted by atomic mass is 32.2. The van der Waals surface area contributed by atoms with Crippen molar-refractivity contribution in [2.75, 3.05) is 0 Å². The van der Waals surface area contributed by atoms with Crippen molar-refractivity contribution in [2.24, 2.45) is 0 Å². The normalized spacial score (nSPS) is 18.0. The first kappa shape index (κ1) is 19.9. The molecule has 3 aromatic rings. The van der Waals surface area contributed by atoms with Crippen molar-refractivity contribution in [3.8, 4) is 0 Å². The molecule has 4 rings (SSSR count). The summed E-state index contributed by atoms with van der Waals surface area (Å²) in [5.74, 6) is -2.47. The van der Waals surface area contributed by atoms with Gasteiger partial charge in [0.1, 0.15) is 0 Å². The number of carboxylic acid groups (broad SMARTS) is 1. The number of aliphatic carboxylic acids is 1. The van der Waals surface area contributed by atoms with Crippen molar-refractivity contribution in [1.29, 1.82) is 0 Å². The molecule has 6 heteroatoms. The molecule has 0 spiro atoms. The predicted molar refractivity (Wildman–Crippen MR) is 118 cm³/mol.